The molecule has 0 aromatic carbocycles. The molecular formula is C14H25N3S. The normalized spacial score (nSPS) is 18.7. The van der Waals surface area contributed by atoms with Crippen molar-refractivity contribution in [2.45, 2.75) is 45.1 Å². The monoisotopic (exact) mass is 267 g/mol. The molecule has 1 aliphatic rings. The highest BCUT2D eigenvalue weighted by atomic mass is 32.1. The summed E-state index contributed by atoms with van der Waals surface area (Å²) in [6.07, 6.45) is 3.60. The first kappa shape index (κ1) is 14.0. The molecule has 0 spiro atoms. The fraction of sp³-hybridized carbons (Fsp3) is 0.786. The van der Waals surface area contributed by atoms with Gasteiger partial charge in [-0.2, -0.15) is 0 Å². The summed E-state index contributed by atoms with van der Waals surface area (Å²) >= 11 is 1.86. The highest BCUT2D eigenvalue weighted by molar-refractivity contribution is 7.09. The van der Waals surface area contributed by atoms with Crippen LogP contribution < -0.4 is 5.32 Å². The summed E-state index contributed by atoms with van der Waals surface area (Å²) in [6, 6.07) is 0.688. The largest absolute Gasteiger partial charge is 0.319 e. The topological polar surface area (TPSA) is 28.2 Å². The molecule has 1 aromatic rings. The van der Waals surface area contributed by atoms with Crippen molar-refractivity contribution >= 4 is 11.3 Å². The maximum atomic E-state index is 4.80. The van der Waals surface area contributed by atoms with Gasteiger partial charge in [-0.1, -0.05) is 0 Å². The molecule has 0 radical (unpaired) electrons. The van der Waals surface area contributed by atoms with Crippen molar-refractivity contribution in [2.75, 3.05) is 26.7 Å². The Morgan fingerprint density at radius 3 is 2.78 bits per heavy atom. The maximum Gasteiger partial charge on any atom is 0.0960 e. The molecule has 1 aromatic heterocycles. The van der Waals surface area contributed by atoms with Crippen LogP contribution in [-0.2, 0) is 6.42 Å². The lowest BCUT2D eigenvalue weighted by molar-refractivity contribution is 0.172. The van der Waals surface area contributed by atoms with Crippen molar-refractivity contribution in [3.05, 3.63) is 16.1 Å². The quantitative estimate of drug-likeness (QED) is 0.888. The van der Waals surface area contributed by atoms with Crippen LogP contribution in [0.5, 0.6) is 0 Å². The van der Waals surface area contributed by atoms with Crippen LogP contribution in [0.2, 0.25) is 0 Å². The first-order valence-electron chi connectivity index (χ1n) is 7.03. The molecule has 0 aliphatic carbocycles. The fourth-order valence-corrected chi connectivity index (χ4v) is 3.57. The Bertz CT molecular complexity index is 354. The second-order valence-electron chi connectivity index (χ2n) is 5.43. The van der Waals surface area contributed by atoms with Gasteiger partial charge in [-0.3, -0.25) is 0 Å². The van der Waals surface area contributed by atoms with Crippen molar-refractivity contribution < 1.29 is 0 Å². The van der Waals surface area contributed by atoms with E-state index in [9.17, 15) is 0 Å². The third kappa shape index (κ3) is 3.53. The molecule has 0 atom stereocenters. The number of piperidine rings is 1. The number of nitrogens with one attached hydrogen (secondary N) is 1. The zero-order valence-electron chi connectivity index (χ0n) is 11.8. The van der Waals surface area contributed by atoms with Crippen LogP contribution >= 0.6 is 11.3 Å². The van der Waals surface area contributed by atoms with Gasteiger partial charge in [0.2, 0.25) is 0 Å². The maximum absolute atomic E-state index is 4.80. The smallest absolute Gasteiger partial charge is 0.0960 e. The molecule has 0 unspecified atom stereocenters. The molecule has 2 heterocycles. The summed E-state index contributed by atoms with van der Waals surface area (Å²) < 4.78 is 0. The van der Waals surface area contributed by atoms with Gasteiger partial charge in [-0.15, -0.1) is 11.3 Å². The van der Waals surface area contributed by atoms with Crippen LogP contribution in [0.4, 0.5) is 0 Å². The van der Waals surface area contributed by atoms with E-state index in [0.717, 1.165) is 13.0 Å². The summed E-state index contributed by atoms with van der Waals surface area (Å²) in [5, 5.41) is 6.78. The second kappa shape index (κ2) is 6.64. The fourth-order valence-electron chi connectivity index (χ4n) is 2.54. The van der Waals surface area contributed by atoms with Crippen LogP contribution in [0, 0.1) is 0 Å². The summed E-state index contributed by atoms with van der Waals surface area (Å²) in [5.74, 6) is 0.702. The summed E-state index contributed by atoms with van der Waals surface area (Å²) in [4.78, 5) is 7.38. The molecule has 1 saturated heterocycles. The Morgan fingerprint density at radius 1 is 1.44 bits per heavy atom. The Hall–Kier alpha value is -0.450. The predicted molar refractivity (Wildman–Crippen MR) is 78.4 cm³/mol. The number of thiazole rings is 1. The molecule has 102 valence electrons. The Morgan fingerprint density at radius 2 is 2.17 bits per heavy atom. The lowest BCUT2D eigenvalue weighted by atomic mass is 9.97. The Balaban J connectivity index is 1.87. The van der Waals surface area contributed by atoms with Gasteiger partial charge < -0.3 is 10.2 Å². The molecule has 0 saturated carbocycles. The average Bonchev–Trinajstić information content (AvgIpc) is 2.85. The molecule has 1 fully saturated rings. The zero-order valence-corrected chi connectivity index (χ0v) is 12.6. The lowest BCUT2D eigenvalue weighted by Crippen LogP contribution is -2.37. The second-order valence-corrected chi connectivity index (χ2v) is 6.32. The van der Waals surface area contributed by atoms with Crippen molar-refractivity contribution in [3.8, 4) is 0 Å². The van der Waals surface area contributed by atoms with Crippen LogP contribution in [0.3, 0.4) is 0 Å². The van der Waals surface area contributed by atoms with Gasteiger partial charge in [-0.05, 0) is 46.8 Å². The van der Waals surface area contributed by atoms with Crippen LogP contribution in [0.1, 0.15) is 43.3 Å². The van der Waals surface area contributed by atoms with E-state index in [2.05, 4.69) is 29.4 Å². The van der Waals surface area contributed by atoms with E-state index in [-0.39, 0.29) is 0 Å². The first-order chi connectivity index (χ1) is 8.70. The number of rotatable bonds is 5. The highest BCUT2D eigenvalue weighted by Gasteiger charge is 2.23. The standard InChI is InChI=1S/C14H25N3S/c1-11(2)17-8-5-12(6-9-17)14-16-13(10-18-14)4-7-15-3/h10-12,15H,4-9H2,1-3H3. The van der Waals surface area contributed by atoms with E-state index < -0.39 is 0 Å². The number of hydrogen-bond donors (Lipinski definition) is 1. The minimum Gasteiger partial charge on any atom is -0.319 e. The molecule has 3 nitrogen and oxygen atoms in total. The third-order valence-electron chi connectivity index (χ3n) is 3.81. The third-order valence-corrected chi connectivity index (χ3v) is 4.87. The molecule has 1 N–H and O–H groups in total. The highest BCUT2D eigenvalue weighted by Crippen LogP contribution is 2.30. The van der Waals surface area contributed by atoms with Gasteiger partial charge in [0.05, 0.1) is 10.7 Å². The van der Waals surface area contributed by atoms with E-state index in [0.29, 0.717) is 12.0 Å². The number of hydrogen-bond acceptors (Lipinski definition) is 4. The van der Waals surface area contributed by atoms with Gasteiger partial charge in [0, 0.05) is 30.3 Å². The SMILES string of the molecule is CNCCc1csc(C2CCN(C(C)C)CC2)n1. The van der Waals surface area contributed by atoms with Crippen molar-refractivity contribution in [1.29, 1.82) is 0 Å². The average molecular weight is 267 g/mol. The molecule has 0 bridgehead atoms. The van der Waals surface area contributed by atoms with E-state index in [1.54, 1.807) is 0 Å². The lowest BCUT2D eigenvalue weighted by Gasteiger charge is -2.33. The number of aromatic nitrogens is 1. The minimum atomic E-state index is 0.688. The van der Waals surface area contributed by atoms with Gasteiger partial charge in [0.1, 0.15) is 0 Å². The molecule has 2 rings (SSSR count). The molecular weight excluding hydrogens is 242 g/mol. The zero-order chi connectivity index (χ0) is 13.0. The molecule has 1 aliphatic heterocycles. The van der Waals surface area contributed by atoms with Gasteiger partial charge in [0.15, 0.2) is 0 Å². The van der Waals surface area contributed by atoms with Crippen LogP contribution in [-0.4, -0.2) is 42.6 Å². The van der Waals surface area contributed by atoms with Gasteiger partial charge in [0.25, 0.3) is 0 Å². The predicted octanol–water partition coefficient (Wildman–Crippen LogP) is 2.49. The number of likely N-dealkylation sites (tertiary alicyclic amines) is 1. The van der Waals surface area contributed by atoms with Crippen LogP contribution in [0.25, 0.3) is 0 Å². The van der Waals surface area contributed by atoms with Gasteiger partial charge >= 0.3 is 0 Å². The van der Waals surface area contributed by atoms with Crippen molar-refractivity contribution in [3.63, 3.8) is 0 Å². The first-order valence-corrected chi connectivity index (χ1v) is 7.91. The Labute approximate surface area is 115 Å². The van der Waals surface area contributed by atoms with E-state index in [1.807, 2.05) is 18.4 Å². The van der Waals surface area contributed by atoms with Gasteiger partial charge in [-0.25, -0.2) is 4.98 Å². The Kier molecular flexibility index (Phi) is 5.15. The number of likely N-dealkylation sites (N-methyl/N-ethyl adjacent to an activating group) is 1. The number of nitrogens with zero attached hydrogens (tertiary/aromatic N) is 2. The molecule has 0 amide bonds. The summed E-state index contributed by atoms with van der Waals surface area (Å²) in [7, 11) is 1.99. The summed E-state index contributed by atoms with van der Waals surface area (Å²) in [5.41, 5.74) is 1.26. The van der Waals surface area contributed by atoms with E-state index in [1.165, 1.54) is 36.6 Å². The van der Waals surface area contributed by atoms with Crippen LogP contribution in [0.15, 0.2) is 5.38 Å². The molecule has 18 heavy (non-hydrogen) atoms. The van der Waals surface area contributed by atoms with Crippen molar-refractivity contribution in [2.24, 2.45) is 0 Å². The summed E-state index contributed by atoms with van der Waals surface area (Å²) in [6.45, 7) is 8.07. The van der Waals surface area contributed by atoms with Crippen molar-refractivity contribution in [1.82, 2.24) is 15.2 Å². The van der Waals surface area contributed by atoms with E-state index >= 15 is 0 Å². The minimum absolute atomic E-state index is 0.688. The van der Waals surface area contributed by atoms with E-state index in [4.69, 9.17) is 4.98 Å². The molecule has 4 heteroatoms.